The van der Waals surface area contributed by atoms with Crippen molar-refractivity contribution in [1.29, 1.82) is 0 Å². The number of rotatable bonds is 5. The first-order valence-corrected chi connectivity index (χ1v) is 12.6. The maximum atomic E-state index is 10.2. The molecule has 1 heteroatoms. The Bertz CT molecular complexity index is 591. The zero-order chi connectivity index (χ0) is 20.1. The summed E-state index contributed by atoms with van der Waals surface area (Å²) in [5, 5.41) is 10.2. The Labute approximate surface area is 174 Å². The van der Waals surface area contributed by atoms with E-state index in [2.05, 4.69) is 40.7 Å². The molecule has 8 unspecified atom stereocenters. The summed E-state index contributed by atoms with van der Waals surface area (Å²) in [4.78, 5) is 0. The Balaban J connectivity index is 1.52. The first-order chi connectivity index (χ1) is 13.2. The molecule has 8 atom stereocenters. The zero-order valence-electron chi connectivity index (χ0n) is 19.3. The Morgan fingerprint density at radius 1 is 1.00 bits per heavy atom. The van der Waals surface area contributed by atoms with E-state index in [4.69, 9.17) is 0 Å². The predicted molar refractivity (Wildman–Crippen MR) is 119 cm³/mol. The Kier molecular flexibility index (Phi) is 5.80. The lowest BCUT2D eigenvalue weighted by atomic mass is 9.45. The van der Waals surface area contributed by atoms with Crippen LogP contribution in [0.25, 0.3) is 0 Å². The molecule has 0 heterocycles. The molecule has 3 fully saturated rings. The number of hydrogen-bond donors (Lipinski definition) is 1. The summed E-state index contributed by atoms with van der Waals surface area (Å²) in [7, 11) is 0. The molecule has 0 radical (unpaired) electrons. The molecule has 0 spiro atoms. The van der Waals surface area contributed by atoms with Crippen LogP contribution in [0, 0.1) is 46.3 Å². The third kappa shape index (κ3) is 3.52. The molecule has 1 nitrogen and oxygen atoms in total. The van der Waals surface area contributed by atoms with E-state index in [0.717, 1.165) is 48.3 Å². The minimum atomic E-state index is -0.0743. The molecule has 4 rings (SSSR count). The molecule has 0 aromatic rings. The first-order valence-electron chi connectivity index (χ1n) is 12.6. The van der Waals surface area contributed by atoms with Gasteiger partial charge >= 0.3 is 0 Å². The van der Waals surface area contributed by atoms with Gasteiger partial charge in [0.2, 0.25) is 0 Å². The molecule has 0 aromatic carbocycles. The molecule has 4 aliphatic rings. The number of aliphatic hydroxyl groups excluding tert-OH is 1. The Morgan fingerprint density at radius 2 is 1.79 bits per heavy atom. The number of allylic oxidation sites excluding steroid dienone is 1. The van der Waals surface area contributed by atoms with Crippen molar-refractivity contribution in [3.05, 3.63) is 11.6 Å². The lowest BCUT2D eigenvalue weighted by Gasteiger charge is -2.60. The summed E-state index contributed by atoms with van der Waals surface area (Å²) < 4.78 is 0. The van der Waals surface area contributed by atoms with Gasteiger partial charge in [0.25, 0.3) is 0 Å². The second-order valence-corrected chi connectivity index (χ2v) is 12.3. The molecule has 0 aliphatic heterocycles. The van der Waals surface area contributed by atoms with Gasteiger partial charge in [0, 0.05) is 0 Å². The van der Waals surface area contributed by atoms with Crippen LogP contribution in [0.1, 0.15) is 105 Å². The van der Waals surface area contributed by atoms with Crippen LogP contribution in [-0.2, 0) is 0 Å². The van der Waals surface area contributed by atoms with Gasteiger partial charge in [-0.2, -0.15) is 0 Å². The summed E-state index contributed by atoms with van der Waals surface area (Å²) in [5.41, 5.74) is 2.66. The van der Waals surface area contributed by atoms with E-state index in [1.165, 1.54) is 57.8 Å². The third-order valence-corrected chi connectivity index (χ3v) is 10.2. The molecule has 3 saturated carbocycles. The Morgan fingerprint density at radius 3 is 2.54 bits per heavy atom. The van der Waals surface area contributed by atoms with Gasteiger partial charge in [-0.05, 0) is 97.7 Å². The summed E-state index contributed by atoms with van der Waals surface area (Å²) in [6.45, 7) is 12.7. The van der Waals surface area contributed by atoms with Gasteiger partial charge in [-0.15, -0.1) is 0 Å². The van der Waals surface area contributed by atoms with Crippen molar-refractivity contribution in [3.63, 3.8) is 0 Å². The van der Waals surface area contributed by atoms with Crippen LogP contribution < -0.4 is 0 Å². The fraction of sp³-hybridized carbons (Fsp3) is 0.926. The van der Waals surface area contributed by atoms with E-state index in [1.807, 2.05) is 0 Å². The minimum absolute atomic E-state index is 0.0743. The van der Waals surface area contributed by atoms with Crippen molar-refractivity contribution in [2.75, 3.05) is 0 Å². The third-order valence-electron chi connectivity index (χ3n) is 10.2. The fourth-order valence-corrected chi connectivity index (χ4v) is 8.67. The van der Waals surface area contributed by atoms with Crippen molar-refractivity contribution in [1.82, 2.24) is 0 Å². The molecule has 0 aromatic heterocycles. The van der Waals surface area contributed by atoms with E-state index < -0.39 is 0 Å². The van der Waals surface area contributed by atoms with E-state index in [9.17, 15) is 5.11 Å². The quantitative estimate of drug-likeness (QED) is 0.488. The molecule has 160 valence electrons. The number of fused-ring (bicyclic) bond motifs is 4. The molecule has 0 amide bonds. The highest BCUT2D eigenvalue weighted by molar-refractivity contribution is 5.23. The van der Waals surface area contributed by atoms with Crippen LogP contribution in [0.3, 0.4) is 0 Å². The monoisotopic (exact) mass is 386 g/mol. The van der Waals surface area contributed by atoms with Gasteiger partial charge in [-0.1, -0.05) is 65.5 Å². The average Bonchev–Trinajstić information content (AvgIpc) is 2.94. The van der Waals surface area contributed by atoms with Crippen LogP contribution in [-0.4, -0.2) is 11.2 Å². The van der Waals surface area contributed by atoms with Crippen molar-refractivity contribution in [2.24, 2.45) is 46.3 Å². The van der Waals surface area contributed by atoms with Crippen molar-refractivity contribution in [3.8, 4) is 0 Å². The average molecular weight is 387 g/mol. The normalized spacial score (nSPS) is 46.5. The smallest absolute Gasteiger partial charge is 0.0577 e. The molecule has 0 bridgehead atoms. The van der Waals surface area contributed by atoms with Gasteiger partial charge in [-0.3, -0.25) is 0 Å². The first kappa shape index (κ1) is 21.0. The highest BCUT2D eigenvalue weighted by atomic mass is 16.3. The van der Waals surface area contributed by atoms with Crippen LogP contribution in [0.15, 0.2) is 11.6 Å². The van der Waals surface area contributed by atoms with Crippen LogP contribution in [0.4, 0.5) is 0 Å². The molecule has 1 N–H and O–H groups in total. The lowest BCUT2D eigenvalue weighted by molar-refractivity contribution is -0.0812. The van der Waals surface area contributed by atoms with Crippen LogP contribution >= 0.6 is 0 Å². The fourth-order valence-electron chi connectivity index (χ4n) is 8.67. The molecular weight excluding hydrogens is 340 g/mol. The van der Waals surface area contributed by atoms with Gasteiger partial charge in [0.05, 0.1) is 6.10 Å². The molecule has 4 aliphatic carbocycles. The van der Waals surface area contributed by atoms with Crippen LogP contribution in [0.5, 0.6) is 0 Å². The predicted octanol–water partition coefficient (Wildman–Crippen LogP) is 7.39. The maximum Gasteiger partial charge on any atom is 0.0577 e. The van der Waals surface area contributed by atoms with E-state index in [0.29, 0.717) is 10.8 Å². The molecule has 28 heavy (non-hydrogen) atoms. The SMILES string of the molecule is CC(C)CCCC(C)C1CCC2CC3CC=C4CC(O)CCC4C3(C)CC21C. The van der Waals surface area contributed by atoms with Crippen molar-refractivity contribution < 1.29 is 5.11 Å². The van der Waals surface area contributed by atoms with Gasteiger partial charge in [0.15, 0.2) is 0 Å². The lowest BCUT2D eigenvalue weighted by Crippen LogP contribution is -2.52. The molecular formula is C27H46O. The summed E-state index contributed by atoms with van der Waals surface area (Å²) in [5.74, 6) is 5.29. The number of hydrogen-bond acceptors (Lipinski definition) is 1. The maximum absolute atomic E-state index is 10.2. The van der Waals surface area contributed by atoms with Gasteiger partial charge in [0.1, 0.15) is 0 Å². The summed E-state index contributed by atoms with van der Waals surface area (Å²) >= 11 is 0. The summed E-state index contributed by atoms with van der Waals surface area (Å²) in [6, 6.07) is 0. The second kappa shape index (κ2) is 7.75. The largest absolute Gasteiger partial charge is 0.393 e. The van der Waals surface area contributed by atoms with E-state index in [1.54, 1.807) is 5.57 Å². The van der Waals surface area contributed by atoms with Gasteiger partial charge in [-0.25, -0.2) is 0 Å². The number of aliphatic hydroxyl groups is 1. The topological polar surface area (TPSA) is 20.2 Å². The highest BCUT2D eigenvalue weighted by Crippen LogP contribution is 2.68. The summed E-state index contributed by atoms with van der Waals surface area (Å²) in [6.07, 6.45) is 17.1. The zero-order valence-corrected chi connectivity index (χ0v) is 19.3. The Hall–Kier alpha value is -0.300. The van der Waals surface area contributed by atoms with E-state index >= 15 is 0 Å². The molecule has 0 saturated heterocycles. The van der Waals surface area contributed by atoms with Crippen LogP contribution in [0.2, 0.25) is 0 Å². The van der Waals surface area contributed by atoms with Gasteiger partial charge < -0.3 is 5.11 Å². The highest BCUT2D eigenvalue weighted by Gasteiger charge is 2.59. The second-order valence-electron chi connectivity index (χ2n) is 12.3. The van der Waals surface area contributed by atoms with Crippen molar-refractivity contribution >= 4 is 0 Å². The standard InChI is InChI=1S/C27H46O/c1-18(2)7-6-8-19(3)24-13-11-22-16-21-10-9-20-15-23(28)12-14-25(20)27(21,5)17-26(22,24)4/h9,18-19,21-25,28H,6-8,10-17H2,1-5H3. The van der Waals surface area contributed by atoms with Crippen molar-refractivity contribution in [2.45, 2.75) is 111 Å². The minimum Gasteiger partial charge on any atom is -0.393 e. The van der Waals surface area contributed by atoms with E-state index in [-0.39, 0.29) is 6.10 Å².